The quantitative estimate of drug-likeness (QED) is 0.293. The van der Waals surface area contributed by atoms with Crippen LogP contribution >= 0.6 is 7.82 Å². The second kappa shape index (κ2) is 13.7. The molecule has 3 aliphatic rings. The SMILES string of the molecule is O=C1NC(O)C=CN(C2OC(COP(=O)(O)O)C(O)C2O)C12CCCCCCCCCCCCCC2. The number of phosphoric acid groups is 1. The highest BCUT2D eigenvalue weighted by Crippen LogP contribution is 2.40. The van der Waals surface area contributed by atoms with Crippen LogP contribution in [0.4, 0.5) is 0 Å². The molecular weight excluding hydrogens is 491 g/mol. The van der Waals surface area contributed by atoms with Gasteiger partial charge < -0.3 is 40.1 Å². The zero-order chi connectivity index (χ0) is 26.2. The number of ether oxygens (including phenoxy) is 1. The fourth-order valence-electron chi connectivity index (χ4n) is 5.56. The van der Waals surface area contributed by atoms with E-state index < -0.39 is 50.7 Å². The molecule has 2 heterocycles. The van der Waals surface area contributed by atoms with Crippen molar-refractivity contribution < 1.29 is 43.7 Å². The van der Waals surface area contributed by atoms with Gasteiger partial charge in [-0.3, -0.25) is 9.32 Å². The van der Waals surface area contributed by atoms with Crippen LogP contribution in [-0.2, 0) is 18.6 Å². The summed E-state index contributed by atoms with van der Waals surface area (Å²) in [5, 5.41) is 34.4. The molecule has 36 heavy (non-hydrogen) atoms. The molecule has 208 valence electrons. The minimum absolute atomic E-state index is 0.371. The summed E-state index contributed by atoms with van der Waals surface area (Å²) in [5.74, 6) is -0.371. The van der Waals surface area contributed by atoms with Crippen LogP contribution in [0.2, 0.25) is 0 Å². The van der Waals surface area contributed by atoms with Crippen LogP contribution < -0.4 is 5.32 Å². The molecule has 12 heteroatoms. The number of carbonyl (C=O) groups excluding carboxylic acids is 1. The average molecular weight is 535 g/mol. The first-order valence-electron chi connectivity index (χ1n) is 13.3. The molecule has 0 radical (unpaired) electrons. The highest BCUT2D eigenvalue weighted by atomic mass is 31.2. The van der Waals surface area contributed by atoms with Crippen LogP contribution in [0.1, 0.15) is 89.9 Å². The standard InChI is InChI=1S/C24H43N2O9P/c27-19-13-16-26(22-21(29)20(28)18(35-22)17-34-36(31,32)33)24(23(30)25-19)14-11-9-7-5-3-1-2-4-6-8-10-12-15-24/h13,16,18-22,27-29H,1-12,14-15,17H2,(H,25,30)(H2,31,32,33). The number of carbonyl (C=O) groups is 1. The van der Waals surface area contributed by atoms with Crippen molar-refractivity contribution in [3.8, 4) is 0 Å². The van der Waals surface area contributed by atoms with Crippen molar-refractivity contribution in [1.82, 2.24) is 10.2 Å². The predicted molar refractivity (Wildman–Crippen MR) is 131 cm³/mol. The van der Waals surface area contributed by atoms with Crippen LogP contribution in [0.15, 0.2) is 12.3 Å². The Bertz CT molecular complexity index is 761. The Hall–Kier alpha value is -1.04. The summed E-state index contributed by atoms with van der Waals surface area (Å²) in [7, 11) is -4.81. The molecule has 5 atom stereocenters. The smallest absolute Gasteiger partial charge is 0.387 e. The fraction of sp³-hybridized carbons (Fsp3) is 0.875. The highest BCUT2D eigenvalue weighted by Gasteiger charge is 2.53. The summed E-state index contributed by atoms with van der Waals surface area (Å²) >= 11 is 0. The first kappa shape index (κ1) is 29.5. The first-order chi connectivity index (χ1) is 17.1. The van der Waals surface area contributed by atoms with E-state index in [1.165, 1.54) is 38.0 Å². The normalized spacial score (nSPS) is 33.5. The van der Waals surface area contributed by atoms with Gasteiger partial charge in [-0.2, -0.15) is 0 Å². The third kappa shape index (κ3) is 7.98. The predicted octanol–water partition coefficient (Wildman–Crippen LogP) is 2.02. The number of aliphatic hydroxyl groups is 3. The third-order valence-electron chi connectivity index (χ3n) is 7.57. The molecule has 1 aliphatic carbocycles. The Labute approximate surface area is 213 Å². The molecule has 1 saturated heterocycles. The van der Waals surface area contributed by atoms with Crippen molar-refractivity contribution in [2.24, 2.45) is 0 Å². The van der Waals surface area contributed by atoms with Crippen molar-refractivity contribution >= 4 is 13.7 Å². The number of aliphatic hydroxyl groups excluding tert-OH is 3. The maximum atomic E-state index is 13.6. The zero-order valence-electron chi connectivity index (χ0n) is 20.9. The molecule has 1 saturated carbocycles. The molecule has 0 aromatic heterocycles. The molecule has 0 aromatic carbocycles. The Morgan fingerprint density at radius 3 is 1.92 bits per heavy atom. The summed E-state index contributed by atoms with van der Waals surface area (Å²) in [6.07, 6.45) is 10.2. The summed E-state index contributed by atoms with van der Waals surface area (Å²) < 4.78 is 21.5. The van der Waals surface area contributed by atoms with Crippen molar-refractivity contribution in [2.45, 2.75) is 126 Å². The van der Waals surface area contributed by atoms with Crippen LogP contribution in [0.25, 0.3) is 0 Å². The van der Waals surface area contributed by atoms with E-state index in [2.05, 4.69) is 9.84 Å². The van der Waals surface area contributed by atoms with E-state index in [0.29, 0.717) is 12.8 Å². The minimum Gasteiger partial charge on any atom is -0.387 e. The number of hydrogen-bond donors (Lipinski definition) is 6. The van der Waals surface area contributed by atoms with E-state index in [0.717, 1.165) is 51.4 Å². The van der Waals surface area contributed by atoms with Gasteiger partial charge in [0.25, 0.3) is 0 Å². The average Bonchev–Trinajstić information content (AvgIpc) is 3.02. The van der Waals surface area contributed by atoms with Crippen molar-refractivity contribution in [3.05, 3.63) is 12.3 Å². The van der Waals surface area contributed by atoms with Crippen molar-refractivity contribution in [1.29, 1.82) is 0 Å². The van der Waals surface area contributed by atoms with Gasteiger partial charge in [0, 0.05) is 6.20 Å². The van der Waals surface area contributed by atoms with Crippen LogP contribution in [0.5, 0.6) is 0 Å². The second-order valence-electron chi connectivity index (χ2n) is 10.3. The largest absolute Gasteiger partial charge is 0.469 e. The number of phosphoric ester groups is 1. The summed E-state index contributed by atoms with van der Waals surface area (Å²) in [6, 6.07) is 0. The van der Waals surface area contributed by atoms with Gasteiger partial charge in [0.15, 0.2) is 6.23 Å². The van der Waals surface area contributed by atoms with E-state index in [1.807, 2.05) is 0 Å². The lowest BCUT2D eigenvalue weighted by atomic mass is 9.83. The maximum absolute atomic E-state index is 13.6. The Morgan fingerprint density at radius 2 is 1.42 bits per heavy atom. The molecule has 6 N–H and O–H groups in total. The first-order valence-corrected chi connectivity index (χ1v) is 14.8. The summed E-state index contributed by atoms with van der Waals surface area (Å²) in [5.41, 5.74) is -1.13. The van der Waals surface area contributed by atoms with Crippen LogP contribution in [-0.4, -0.2) is 78.8 Å². The molecule has 3 rings (SSSR count). The molecule has 0 bridgehead atoms. The zero-order valence-corrected chi connectivity index (χ0v) is 21.8. The number of hydrogen-bond acceptors (Lipinski definition) is 8. The monoisotopic (exact) mass is 534 g/mol. The van der Waals surface area contributed by atoms with Gasteiger partial charge in [-0.25, -0.2) is 4.57 Å². The molecule has 5 unspecified atom stereocenters. The van der Waals surface area contributed by atoms with E-state index in [1.54, 1.807) is 4.90 Å². The molecule has 1 amide bonds. The lowest BCUT2D eigenvalue weighted by molar-refractivity contribution is -0.152. The van der Waals surface area contributed by atoms with Gasteiger partial charge in [0.2, 0.25) is 5.91 Å². The molecule has 0 aromatic rings. The highest BCUT2D eigenvalue weighted by molar-refractivity contribution is 7.46. The van der Waals surface area contributed by atoms with Crippen LogP contribution in [0.3, 0.4) is 0 Å². The Balaban J connectivity index is 1.86. The summed E-state index contributed by atoms with van der Waals surface area (Å²) in [4.78, 5) is 33.3. The van der Waals surface area contributed by atoms with E-state index in [9.17, 15) is 24.7 Å². The lowest BCUT2D eigenvalue weighted by Crippen LogP contribution is -2.61. The number of nitrogens with one attached hydrogen (secondary N) is 1. The fourth-order valence-corrected chi connectivity index (χ4v) is 5.90. The van der Waals surface area contributed by atoms with Crippen molar-refractivity contribution in [2.75, 3.05) is 6.61 Å². The lowest BCUT2D eigenvalue weighted by Gasteiger charge is -2.45. The molecule has 1 spiro atoms. The second-order valence-corrected chi connectivity index (χ2v) is 11.5. The van der Waals surface area contributed by atoms with E-state index in [4.69, 9.17) is 14.5 Å². The van der Waals surface area contributed by atoms with Gasteiger partial charge in [0.05, 0.1) is 6.61 Å². The van der Waals surface area contributed by atoms with Crippen molar-refractivity contribution in [3.63, 3.8) is 0 Å². The van der Waals surface area contributed by atoms with Gasteiger partial charge in [-0.05, 0) is 18.9 Å². The number of rotatable bonds is 4. The van der Waals surface area contributed by atoms with E-state index >= 15 is 0 Å². The molecular formula is C24H43N2O9P. The maximum Gasteiger partial charge on any atom is 0.469 e. The number of nitrogens with zero attached hydrogens (tertiary/aromatic N) is 1. The summed E-state index contributed by atoms with van der Waals surface area (Å²) in [6.45, 7) is -0.627. The topological polar surface area (TPSA) is 169 Å². The minimum atomic E-state index is -4.81. The number of amides is 1. The van der Waals surface area contributed by atoms with Gasteiger partial charge in [-0.15, -0.1) is 0 Å². The Kier molecular flexibility index (Phi) is 11.2. The van der Waals surface area contributed by atoms with E-state index in [-0.39, 0.29) is 5.91 Å². The van der Waals surface area contributed by atoms with Gasteiger partial charge in [-0.1, -0.05) is 77.0 Å². The molecule has 11 nitrogen and oxygen atoms in total. The third-order valence-corrected chi connectivity index (χ3v) is 8.06. The van der Waals surface area contributed by atoms with Gasteiger partial charge >= 0.3 is 7.82 Å². The molecule has 2 aliphatic heterocycles. The van der Waals surface area contributed by atoms with Crippen LogP contribution in [0, 0.1) is 0 Å². The molecule has 2 fully saturated rings. The van der Waals surface area contributed by atoms with Gasteiger partial charge in [0.1, 0.15) is 30.1 Å². The Morgan fingerprint density at radius 1 is 0.917 bits per heavy atom.